The molecule has 3 heteroatoms. The Balaban J connectivity index is 3.70. The van der Waals surface area contributed by atoms with Gasteiger partial charge >= 0.3 is 0 Å². The molecule has 0 aromatic heterocycles. The first-order valence-electron chi connectivity index (χ1n) is 5.74. The molecule has 0 bridgehead atoms. The summed E-state index contributed by atoms with van der Waals surface area (Å²) in [5.41, 5.74) is 5.64. The van der Waals surface area contributed by atoms with Crippen molar-refractivity contribution >= 4 is 0 Å². The van der Waals surface area contributed by atoms with Crippen molar-refractivity contribution in [3.8, 4) is 0 Å². The number of rotatable bonds is 8. The smallest absolute Gasteiger partial charge is 0.0611 e. The van der Waals surface area contributed by atoms with Gasteiger partial charge in [0.2, 0.25) is 0 Å². The quantitative estimate of drug-likeness (QED) is 0.622. The summed E-state index contributed by atoms with van der Waals surface area (Å²) in [6.07, 6.45) is 2.84. The van der Waals surface area contributed by atoms with Crippen LogP contribution in [-0.4, -0.2) is 41.8 Å². The summed E-state index contributed by atoms with van der Waals surface area (Å²) in [4.78, 5) is 2.38. The molecular weight excluding hydrogens is 176 g/mol. The van der Waals surface area contributed by atoms with Crippen molar-refractivity contribution in [1.29, 1.82) is 0 Å². The highest BCUT2D eigenvalue weighted by Crippen LogP contribution is 2.13. The second-order valence-corrected chi connectivity index (χ2v) is 4.00. The second-order valence-electron chi connectivity index (χ2n) is 4.00. The molecule has 0 spiro atoms. The van der Waals surface area contributed by atoms with Crippen LogP contribution in [0.4, 0.5) is 0 Å². The third-order valence-corrected chi connectivity index (χ3v) is 3.06. The van der Waals surface area contributed by atoms with Crippen LogP contribution in [0.2, 0.25) is 0 Å². The van der Waals surface area contributed by atoms with Crippen LogP contribution in [-0.2, 0) is 0 Å². The first kappa shape index (κ1) is 13.9. The molecule has 0 fully saturated rings. The van der Waals surface area contributed by atoms with E-state index in [1.165, 1.54) is 0 Å². The van der Waals surface area contributed by atoms with Crippen LogP contribution in [0.3, 0.4) is 0 Å². The maximum absolute atomic E-state index is 9.13. The molecule has 0 aliphatic carbocycles. The highest BCUT2D eigenvalue weighted by molar-refractivity contribution is 4.81. The molecular formula is C11H26N2O. The Kier molecular flexibility index (Phi) is 7.15. The number of nitrogens with two attached hydrogens (primary N) is 1. The van der Waals surface area contributed by atoms with Crippen molar-refractivity contribution in [1.82, 2.24) is 4.90 Å². The lowest BCUT2D eigenvalue weighted by Gasteiger charge is -2.27. The van der Waals surface area contributed by atoms with Gasteiger partial charge in [0.05, 0.1) is 6.61 Å². The maximum atomic E-state index is 9.13. The lowest BCUT2D eigenvalue weighted by molar-refractivity contribution is 0.173. The van der Waals surface area contributed by atoms with Crippen molar-refractivity contribution in [2.75, 3.05) is 26.2 Å². The summed E-state index contributed by atoms with van der Waals surface area (Å²) in [6.45, 7) is 9.76. The van der Waals surface area contributed by atoms with Gasteiger partial charge in [-0.3, -0.25) is 0 Å². The van der Waals surface area contributed by atoms with E-state index < -0.39 is 0 Å². The Labute approximate surface area is 88.3 Å². The van der Waals surface area contributed by atoms with E-state index >= 15 is 0 Å². The summed E-state index contributed by atoms with van der Waals surface area (Å²) < 4.78 is 0. The van der Waals surface area contributed by atoms with Crippen LogP contribution in [0.1, 0.15) is 40.0 Å². The van der Waals surface area contributed by atoms with Crippen LogP contribution >= 0.6 is 0 Å². The van der Waals surface area contributed by atoms with Gasteiger partial charge in [-0.1, -0.05) is 20.8 Å². The van der Waals surface area contributed by atoms with Crippen molar-refractivity contribution in [2.45, 2.75) is 45.6 Å². The highest BCUT2D eigenvalue weighted by Gasteiger charge is 2.20. The van der Waals surface area contributed by atoms with E-state index in [9.17, 15) is 0 Å². The van der Waals surface area contributed by atoms with Gasteiger partial charge in [0, 0.05) is 5.54 Å². The summed E-state index contributed by atoms with van der Waals surface area (Å²) in [7, 11) is 0. The standard InChI is InChI=1S/C11H26N2O/c1-4-11(12,10-14)8-7-9-13(5-2)6-3/h14H,4-10,12H2,1-3H3. The van der Waals surface area contributed by atoms with Gasteiger partial charge in [-0.2, -0.15) is 0 Å². The first-order valence-corrected chi connectivity index (χ1v) is 5.74. The maximum Gasteiger partial charge on any atom is 0.0611 e. The molecule has 0 heterocycles. The van der Waals surface area contributed by atoms with Crippen LogP contribution < -0.4 is 5.73 Å². The zero-order chi connectivity index (χ0) is 11.0. The molecule has 14 heavy (non-hydrogen) atoms. The molecule has 3 N–H and O–H groups in total. The summed E-state index contributed by atoms with van der Waals surface area (Å²) in [6, 6.07) is 0. The van der Waals surface area contributed by atoms with Crippen LogP contribution in [0.5, 0.6) is 0 Å². The van der Waals surface area contributed by atoms with Crippen molar-refractivity contribution in [3.05, 3.63) is 0 Å². The van der Waals surface area contributed by atoms with Gasteiger partial charge in [0.15, 0.2) is 0 Å². The summed E-state index contributed by atoms with van der Waals surface area (Å²) in [5, 5.41) is 9.13. The minimum atomic E-state index is -0.354. The van der Waals surface area contributed by atoms with E-state index in [0.717, 1.165) is 38.9 Å². The molecule has 0 aliphatic rings. The van der Waals surface area contributed by atoms with E-state index in [4.69, 9.17) is 10.8 Å². The molecule has 1 atom stereocenters. The second kappa shape index (κ2) is 7.21. The molecule has 0 amide bonds. The van der Waals surface area contributed by atoms with Crippen molar-refractivity contribution < 1.29 is 5.11 Å². The average molecular weight is 202 g/mol. The Hall–Kier alpha value is -0.120. The zero-order valence-electron chi connectivity index (χ0n) is 9.92. The highest BCUT2D eigenvalue weighted by atomic mass is 16.3. The molecule has 1 unspecified atom stereocenters. The van der Waals surface area contributed by atoms with Gasteiger partial charge in [0.25, 0.3) is 0 Å². The van der Waals surface area contributed by atoms with Crippen LogP contribution in [0, 0.1) is 0 Å². The van der Waals surface area contributed by atoms with Gasteiger partial charge in [0.1, 0.15) is 0 Å². The normalized spacial score (nSPS) is 15.9. The summed E-state index contributed by atoms with van der Waals surface area (Å²) in [5.74, 6) is 0. The Morgan fingerprint density at radius 2 is 1.79 bits per heavy atom. The number of aliphatic hydroxyl groups is 1. The minimum absolute atomic E-state index is 0.0990. The molecule has 0 rings (SSSR count). The van der Waals surface area contributed by atoms with Crippen LogP contribution in [0.25, 0.3) is 0 Å². The van der Waals surface area contributed by atoms with Crippen molar-refractivity contribution in [2.24, 2.45) is 5.73 Å². The average Bonchev–Trinajstić information content (AvgIpc) is 2.24. The molecule has 86 valence electrons. The Morgan fingerprint density at radius 1 is 1.21 bits per heavy atom. The molecule has 0 aromatic rings. The molecule has 0 aromatic carbocycles. The third kappa shape index (κ3) is 4.94. The van der Waals surface area contributed by atoms with Gasteiger partial charge in [-0.25, -0.2) is 0 Å². The molecule has 3 nitrogen and oxygen atoms in total. The Bertz CT molecular complexity index is 131. The topological polar surface area (TPSA) is 49.5 Å². The first-order chi connectivity index (χ1) is 6.61. The van der Waals surface area contributed by atoms with E-state index in [0.29, 0.717) is 0 Å². The predicted molar refractivity (Wildman–Crippen MR) is 61.3 cm³/mol. The zero-order valence-corrected chi connectivity index (χ0v) is 9.92. The molecule has 0 saturated carbocycles. The fourth-order valence-electron chi connectivity index (χ4n) is 1.56. The SMILES string of the molecule is CCN(CC)CCCC(N)(CC)CO. The van der Waals surface area contributed by atoms with Crippen molar-refractivity contribution in [3.63, 3.8) is 0 Å². The van der Waals surface area contributed by atoms with Gasteiger partial charge in [-0.05, 0) is 38.9 Å². The lowest BCUT2D eigenvalue weighted by atomic mass is 9.92. The number of hydrogen-bond donors (Lipinski definition) is 2. The molecule has 0 aliphatic heterocycles. The number of nitrogens with zero attached hydrogens (tertiary/aromatic N) is 1. The lowest BCUT2D eigenvalue weighted by Crippen LogP contribution is -2.43. The predicted octanol–water partition coefficient (Wildman–Crippen LogP) is 1.21. The fraction of sp³-hybridized carbons (Fsp3) is 1.00. The third-order valence-electron chi connectivity index (χ3n) is 3.06. The van der Waals surface area contributed by atoms with E-state index in [-0.39, 0.29) is 12.1 Å². The molecule has 0 saturated heterocycles. The van der Waals surface area contributed by atoms with E-state index in [1.54, 1.807) is 0 Å². The fourth-order valence-corrected chi connectivity index (χ4v) is 1.56. The van der Waals surface area contributed by atoms with Gasteiger partial charge < -0.3 is 15.7 Å². The largest absolute Gasteiger partial charge is 0.394 e. The summed E-state index contributed by atoms with van der Waals surface area (Å²) >= 11 is 0. The minimum Gasteiger partial charge on any atom is -0.394 e. The monoisotopic (exact) mass is 202 g/mol. The van der Waals surface area contributed by atoms with Gasteiger partial charge in [-0.15, -0.1) is 0 Å². The van der Waals surface area contributed by atoms with E-state index in [1.807, 2.05) is 6.92 Å². The number of aliphatic hydroxyl groups excluding tert-OH is 1. The number of hydrogen-bond acceptors (Lipinski definition) is 3. The Morgan fingerprint density at radius 3 is 2.14 bits per heavy atom. The van der Waals surface area contributed by atoms with E-state index in [2.05, 4.69) is 18.7 Å². The molecule has 0 radical (unpaired) electrons. The van der Waals surface area contributed by atoms with Crippen LogP contribution in [0.15, 0.2) is 0 Å².